The highest BCUT2D eigenvalue weighted by atomic mass is 19.4. The second kappa shape index (κ2) is 6.39. The van der Waals surface area contributed by atoms with Crippen LogP contribution in [0.1, 0.15) is 24.0 Å². The molecule has 128 valence electrons. The maximum Gasteiger partial charge on any atom is 0.416 e. The summed E-state index contributed by atoms with van der Waals surface area (Å²) in [6.45, 7) is 2.99. The van der Waals surface area contributed by atoms with Crippen LogP contribution in [0, 0.1) is 0 Å². The molecule has 1 aromatic rings. The van der Waals surface area contributed by atoms with E-state index in [1.165, 1.54) is 6.07 Å². The lowest BCUT2D eigenvalue weighted by Gasteiger charge is -2.39. The van der Waals surface area contributed by atoms with Crippen LogP contribution in [-0.4, -0.2) is 49.1 Å². The summed E-state index contributed by atoms with van der Waals surface area (Å²) in [5.41, 5.74) is -1.60. The Morgan fingerprint density at radius 2 is 1.83 bits per heavy atom. The third kappa shape index (κ3) is 3.85. The molecule has 2 fully saturated rings. The van der Waals surface area contributed by atoms with Crippen molar-refractivity contribution in [2.75, 3.05) is 32.8 Å². The molecule has 0 radical (unpaired) electrons. The smallest absolute Gasteiger partial charge is 0.385 e. The maximum atomic E-state index is 12.8. The molecule has 3 rings (SSSR count). The van der Waals surface area contributed by atoms with Gasteiger partial charge in [0.2, 0.25) is 0 Å². The number of benzene rings is 1. The van der Waals surface area contributed by atoms with Gasteiger partial charge in [-0.05, 0) is 30.5 Å². The van der Waals surface area contributed by atoms with Gasteiger partial charge in [-0.1, -0.05) is 12.1 Å². The second-order valence-corrected chi connectivity index (χ2v) is 6.08. The van der Waals surface area contributed by atoms with Gasteiger partial charge in [-0.15, -0.1) is 0 Å². The van der Waals surface area contributed by atoms with Gasteiger partial charge in [0.15, 0.2) is 6.29 Å². The molecule has 0 amide bonds. The topological polar surface area (TPSA) is 41.9 Å². The highest BCUT2D eigenvalue weighted by molar-refractivity contribution is 5.30. The zero-order valence-electron chi connectivity index (χ0n) is 12.7. The standard InChI is InChI=1S/C16H20F3NO3/c17-16(18,19)13-3-1-2-12(10-13)15(21)4-6-20(7-5-15)11-14-22-8-9-23-14/h1-3,10,14,21H,4-9,11H2. The van der Waals surface area contributed by atoms with Crippen molar-refractivity contribution < 1.29 is 27.8 Å². The number of rotatable bonds is 3. The normalized spacial score (nSPS) is 23.3. The van der Waals surface area contributed by atoms with Gasteiger partial charge in [-0.3, -0.25) is 4.90 Å². The van der Waals surface area contributed by atoms with Crippen LogP contribution in [0.5, 0.6) is 0 Å². The monoisotopic (exact) mass is 331 g/mol. The van der Waals surface area contributed by atoms with Crippen molar-refractivity contribution in [3.63, 3.8) is 0 Å². The number of likely N-dealkylation sites (tertiary alicyclic amines) is 1. The molecule has 4 nitrogen and oxygen atoms in total. The number of hydrogen-bond acceptors (Lipinski definition) is 4. The molecule has 0 unspecified atom stereocenters. The van der Waals surface area contributed by atoms with E-state index in [0.29, 0.717) is 51.3 Å². The predicted molar refractivity (Wildman–Crippen MR) is 76.7 cm³/mol. The van der Waals surface area contributed by atoms with Crippen LogP contribution >= 0.6 is 0 Å². The Morgan fingerprint density at radius 1 is 1.17 bits per heavy atom. The van der Waals surface area contributed by atoms with Crippen LogP contribution in [-0.2, 0) is 21.3 Å². The van der Waals surface area contributed by atoms with Gasteiger partial charge in [-0.25, -0.2) is 0 Å². The Balaban J connectivity index is 1.64. The molecular formula is C16H20F3NO3. The molecule has 0 aliphatic carbocycles. The number of halogens is 3. The van der Waals surface area contributed by atoms with Gasteiger partial charge in [0, 0.05) is 19.6 Å². The number of ether oxygens (including phenoxy) is 2. The van der Waals surface area contributed by atoms with Gasteiger partial charge < -0.3 is 14.6 Å². The van der Waals surface area contributed by atoms with Gasteiger partial charge in [0.1, 0.15) is 0 Å². The molecule has 2 aliphatic heterocycles. The SMILES string of the molecule is OC1(c2cccc(C(F)(F)F)c2)CCN(CC2OCCO2)CC1. The van der Waals surface area contributed by atoms with Crippen LogP contribution in [0.3, 0.4) is 0 Å². The van der Waals surface area contributed by atoms with E-state index >= 15 is 0 Å². The van der Waals surface area contributed by atoms with Crippen molar-refractivity contribution in [3.8, 4) is 0 Å². The summed E-state index contributed by atoms with van der Waals surface area (Å²) in [6.07, 6.45) is -3.86. The molecule has 7 heteroatoms. The summed E-state index contributed by atoms with van der Waals surface area (Å²) in [7, 11) is 0. The third-order valence-electron chi connectivity index (χ3n) is 4.51. The van der Waals surface area contributed by atoms with Crippen molar-refractivity contribution in [1.29, 1.82) is 0 Å². The summed E-state index contributed by atoms with van der Waals surface area (Å²) in [5.74, 6) is 0. The van der Waals surface area contributed by atoms with E-state index in [0.717, 1.165) is 12.1 Å². The first-order valence-electron chi connectivity index (χ1n) is 7.72. The van der Waals surface area contributed by atoms with E-state index in [1.54, 1.807) is 6.07 Å². The van der Waals surface area contributed by atoms with Crippen molar-refractivity contribution in [1.82, 2.24) is 4.90 Å². The molecule has 2 heterocycles. The van der Waals surface area contributed by atoms with E-state index in [-0.39, 0.29) is 6.29 Å². The van der Waals surface area contributed by atoms with Crippen LogP contribution in [0.4, 0.5) is 13.2 Å². The minimum Gasteiger partial charge on any atom is -0.385 e. The van der Waals surface area contributed by atoms with Crippen LogP contribution in [0.2, 0.25) is 0 Å². The third-order valence-corrected chi connectivity index (χ3v) is 4.51. The van der Waals surface area contributed by atoms with E-state index < -0.39 is 17.3 Å². The molecular weight excluding hydrogens is 311 g/mol. The lowest BCUT2D eigenvalue weighted by atomic mass is 9.83. The molecule has 0 aromatic heterocycles. The number of piperidine rings is 1. The number of aliphatic hydroxyl groups is 1. The summed E-state index contributed by atoms with van der Waals surface area (Å²) in [5, 5.41) is 10.8. The van der Waals surface area contributed by atoms with Crippen molar-refractivity contribution in [2.24, 2.45) is 0 Å². The van der Waals surface area contributed by atoms with E-state index in [9.17, 15) is 18.3 Å². The Labute approximate surface area is 132 Å². The van der Waals surface area contributed by atoms with Crippen molar-refractivity contribution in [3.05, 3.63) is 35.4 Å². The van der Waals surface area contributed by atoms with Gasteiger partial charge in [0.05, 0.1) is 24.4 Å². The molecule has 2 aliphatic rings. The first-order chi connectivity index (χ1) is 10.9. The molecule has 1 aromatic carbocycles. The fourth-order valence-electron chi connectivity index (χ4n) is 3.10. The first kappa shape index (κ1) is 16.7. The van der Waals surface area contributed by atoms with Gasteiger partial charge in [-0.2, -0.15) is 13.2 Å². The van der Waals surface area contributed by atoms with Crippen LogP contribution in [0.15, 0.2) is 24.3 Å². The van der Waals surface area contributed by atoms with Crippen molar-refractivity contribution in [2.45, 2.75) is 30.9 Å². The maximum absolute atomic E-state index is 12.8. The zero-order valence-corrected chi connectivity index (χ0v) is 12.7. The molecule has 2 saturated heterocycles. The van der Waals surface area contributed by atoms with Crippen LogP contribution in [0.25, 0.3) is 0 Å². The summed E-state index contributed by atoms with van der Waals surface area (Å²) in [6, 6.07) is 4.99. The fourth-order valence-corrected chi connectivity index (χ4v) is 3.10. The lowest BCUT2D eigenvalue weighted by molar-refractivity contribution is -0.137. The van der Waals surface area contributed by atoms with Crippen molar-refractivity contribution >= 4 is 0 Å². The zero-order chi connectivity index (χ0) is 16.5. The summed E-state index contributed by atoms with van der Waals surface area (Å²) < 4.78 is 49.3. The largest absolute Gasteiger partial charge is 0.416 e. The molecule has 0 bridgehead atoms. The van der Waals surface area contributed by atoms with Gasteiger partial charge >= 0.3 is 6.18 Å². The van der Waals surface area contributed by atoms with E-state index in [4.69, 9.17) is 9.47 Å². The minimum absolute atomic E-state index is 0.241. The number of alkyl halides is 3. The summed E-state index contributed by atoms with van der Waals surface area (Å²) >= 11 is 0. The first-order valence-corrected chi connectivity index (χ1v) is 7.72. The van der Waals surface area contributed by atoms with Gasteiger partial charge in [0.25, 0.3) is 0 Å². The quantitative estimate of drug-likeness (QED) is 0.923. The Hall–Kier alpha value is -1.15. The van der Waals surface area contributed by atoms with E-state index in [1.807, 2.05) is 0 Å². The lowest BCUT2D eigenvalue weighted by Crippen LogP contribution is -2.45. The predicted octanol–water partition coefficient (Wildman–Crippen LogP) is 2.36. The Kier molecular flexibility index (Phi) is 4.64. The minimum atomic E-state index is -4.40. The molecule has 1 N–H and O–H groups in total. The number of nitrogens with zero attached hydrogens (tertiary/aromatic N) is 1. The Morgan fingerprint density at radius 3 is 2.43 bits per heavy atom. The highest BCUT2D eigenvalue weighted by Crippen LogP contribution is 2.36. The average Bonchev–Trinajstić information content (AvgIpc) is 3.02. The molecule has 23 heavy (non-hydrogen) atoms. The fraction of sp³-hybridized carbons (Fsp3) is 0.625. The second-order valence-electron chi connectivity index (χ2n) is 6.08. The average molecular weight is 331 g/mol. The Bertz CT molecular complexity index is 536. The molecule has 0 atom stereocenters. The highest BCUT2D eigenvalue weighted by Gasteiger charge is 2.37. The van der Waals surface area contributed by atoms with E-state index in [2.05, 4.69) is 4.90 Å². The number of hydrogen-bond donors (Lipinski definition) is 1. The molecule has 0 saturated carbocycles. The molecule has 0 spiro atoms. The summed E-state index contributed by atoms with van der Waals surface area (Å²) in [4.78, 5) is 2.11. The van der Waals surface area contributed by atoms with Crippen LogP contribution < -0.4 is 0 Å².